The molecular formula is C21H24N8O2. The Morgan fingerprint density at radius 1 is 1.03 bits per heavy atom. The van der Waals surface area contributed by atoms with Crippen LogP contribution in [0.3, 0.4) is 0 Å². The predicted octanol–water partition coefficient (Wildman–Crippen LogP) is 2.42. The van der Waals surface area contributed by atoms with Crippen molar-refractivity contribution < 1.29 is 9.47 Å². The van der Waals surface area contributed by atoms with Crippen molar-refractivity contribution in [2.75, 3.05) is 31.1 Å². The van der Waals surface area contributed by atoms with Crippen LogP contribution in [-0.4, -0.2) is 33.7 Å². The van der Waals surface area contributed by atoms with Crippen LogP contribution in [0.1, 0.15) is 11.1 Å². The fourth-order valence-electron chi connectivity index (χ4n) is 3.42. The second-order valence-corrected chi connectivity index (χ2v) is 6.87. The van der Waals surface area contributed by atoms with Gasteiger partial charge in [-0.1, -0.05) is 0 Å². The summed E-state index contributed by atoms with van der Waals surface area (Å²) in [4.78, 5) is 12.6. The third-order valence-corrected chi connectivity index (χ3v) is 5.02. The minimum Gasteiger partial charge on any atom is -0.493 e. The van der Waals surface area contributed by atoms with Crippen molar-refractivity contribution in [2.45, 2.75) is 13.5 Å². The van der Waals surface area contributed by atoms with E-state index in [1.807, 2.05) is 48.1 Å². The average Bonchev–Trinajstić information content (AvgIpc) is 3.29. The number of nitrogens with two attached hydrogens (primary N) is 2. The number of nitrogens with zero attached hydrogens (tertiary/aromatic N) is 4. The van der Waals surface area contributed by atoms with Gasteiger partial charge in [-0.25, -0.2) is 10.4 Å². The molecule has 0 saturated heterocycles. The number of aryl methyl sites for hydroxylation is 1. The molecule has 0 radical (unpaired) electrons. The third-order valence-electron chi connectivity index (χ3n) is 5.02. The van der Waals surface area contributed by atoms with Gasteiger partial charge >= 0.3 is 0 Å². The van der Waals surface area contributed by atoms with Crippen molar-refractivity contribution >= 4 is 28.5 Å². The van der Waals surface area contributed by atoms with E-state index in [4.69, 9.17) is 20.9 Å². The Kier molecular flexibility index (Phi) is 5.46. The van der Waals surface area contributed by atoms with Crippen molar-refractivity contribution in [3.05, 3.63) is 54.0 Å². The molecule has 0 aliphatic carbocycles. The topological polar surface area (TPSA) is 138 Å². The molecule has 0 amide bonds. The molecule has 0 fully saturated rings. The summed E-state index contributed by atoms with van der Waals surface area (Å²) in [6, 6.07) is 7.70. The summed E-state index contributed by atoms with van der Waals surface area (Å²) in [6.07, 6.45) is 5.66. The van der Waals surface area contributed by atoms with E-state index in [-0.39, 0.29) is 5.95 Å². The van der Waals surface area contributed by atoms with Gasteiger partial charge in [0, 0.05) is 37.3 Å². The fourth-order valence-corrected chi connectivity index (χ4v) is 3.42. The van der Waals surface area contributed by atoms with E-state index in [2.05, 4.69) is 25.8 Å². The van der Waals surface area contributed by atoms with Gasteiger partial charge in [-0.3, -0.25) is 0 Å². The quantitative estimate of drug-likeness (QED) is 0.332. The zero-order chi connectivity index (χ0) is 22.0. The van der Waals surface area contributed by atoms with Gasteiger partial charge in [0.25, 0.3) is 0 Å². The minimum absolute atomic E-state index is 0.107. The highest BCUT2D eigenvalue weighted by Crippen LogP contribution is 2.35. The van der Waals surface area contributed by atoms with Gasteiger partial charge < -0.3 is 30.9 Å². The van der Waals surface area contributed by atoms with Gasteiger partial charge in [0.15, 0.2) is 17.1 Å². The smallest absolute Gasteiger partial charge is 0.224 e. The Morgan fingerprint density at radius 2 is 1.74 bits per heavy atom. The van der Waals surface area contributed by atoms with Crippen LogP contribution in [0.25, 0.3) is 16.7 Å². The first-order valence-electron chi connectivity index (χ1n) is 9.57. The van der Waals surface area contributed by atoms with E-state index in [0.29, 0.717) is 34.9 Å². The molecule has 0 atom stereocenters. The maximum atomic E-state index is 6.04. The second-order valence-electron chi connectivity index (χ2n) is 6.87. The summed E-state index contributed by atoms with van der Waals surface area (Å²) in [5.41, 5.74) is 22.3. The summed E-state index contributed by atoms with van der Waals surface area (Å²) in [6.45, 7) is 2.44. The van der Waals surface area contributed by atoms with Crippen LogP contribution >= 0.6 is 0 Å². The molecule has 0 spiro atoms. The van der Waals surface area contributed by atoms with Gasteiger partial charge in [0.1, 0.15) is 5.82 Å². The molecule has 4 rings (SSSR count). The number of hydrazine groups is 1. The molecule has 3 heterocycles. The lowest BCUT2D eigenvalue weighted by molar-refractivity contribution is 0.355. The van der Waals surface area contributed by atoms with Crippen LogP contribution in [0.5, 0.6) is 11.5 Å². The highest BCUT2D eigenvalue weighted by molar-refractivity contribution is 5.89. The molecule has 0 unspecified atom stereocenters. The van der Waals surface area contributed by atoms with Gasteiger partial charge in [-0.2, -0.15) is 9.97 Å². The van der Waals surface area contributed by atoms with E-state index in [1.54, 1.807) is 20.4 Å². The highest BCUT2D eigenvalue weighted by Gasteiger charge is 2.14. The molecule has 10 heteroatoms. The maximum Gasteiger partial charge on any atom is 0.224 e. The SMILES string of the molecule is COc1cc(NNCc2cnc3nc(N)nc(N)c3c2C)c(-n2cccc2)cc1OC. The molecule has 3 aromatic heterocycles. The number of ether oxygens (including phenoxy) is 2. The number of hydrogen-bond donors (Lipinski definition) is 4. The first kappa shape index (κ1) is 20.2. The van der Waals surface area contributed by atoms with Crippen LogP contribution in [-0.2, 0) is 6.54 Å². The van der Waals surface area contributed by atoms with E-state index in [0.717, 1.165) is 22.5 Å². The monoisotopic (exact) mass is 420 g/mol. The second kappa shape index (κ2) is 8.36. The summed E-state index contributed by atoms with van der Waals surface area (Å²) >= 11 is 0. The van der Waals surface area contributed by atoms with Crippen molar-refractivity contribution in [1.82, 2.24) is 24.9 Å². The number of nitrogen functional groups attached to an aromatic ring is 2. The number of rotatable bonds is 7. The number of aromatic nitrogens is 4. The molecule has 0 bridgehead atoms. The van der Waals surface area contributed by atoms with E-state index < -0.39 is 0 Å². The number of nitrogens with one attached hydrogen (secondary N) is 2. The van der Waals surface area contributed by atoms with Gasteiger partial charge in [-0.05, 0) is 30.2 Å². The van der Waals surface area contributed by atoms with Crippen LogP contribution < -0.4 is 31.8 Å². The Bertz CT molecular complexity index is 1220. The summed E-state index contributed by atoms with van der Waals surface area (Å²) in [5, 5.41) is 0.702. The lowest BCUT2D eigenvalue weighted by Crippen LogP contribution is -2.23. The number of anilines is 3. The number of benzene rings is 1. The molecule has 1 aromatic carbocycles. The Balaban J connectivity index is 1.61. The van der Waals surface area contributed by atoms with Crippen molar-refractivity contribution in [3.63, 3.8) is 0 Å². The van der Waals surface area contributed by atoms with E-state index in [1.165, 1.54) is 0 Å². The van der Waals surface area contributed by atoms with Crippen molar-refractivity contribution in [3.8, 4) is 17.2 Å². The summed E-state index contributed by atoms with van der Waals surface area (Å²) in [5.74, 6) is 1.68. The zero-order valence-electron chi connectivity index (χ0n) is 17.5. The lowest BCUT2D eigenvalue weighted by atomic mass is 10.1. The number of pyridine rings is 1. The first-order valence-corrected chi connectivity index (χ1v) is 9.57. The molecule has 10 nitrogen and oxygen atoms in total. The van der Waals surface area contributed by atoms with E-state index >= 15 is 0 Å². The van der Waals surface area contributed by atoms with E-state index in [9.17, 15) is 0 Å². The summed E-state index contributed by atoms with van der Waals surface area (Å²) < 4.78 is 12.9. The Morgan fingerprint density at radius 3 is 2.45 bits per heavy atom. The normalized spacial score (nSPS) is 10.9. The van der Waals surface area contributed by atoms with Crippen LogP contribution in [0.15, 0.2) is 42.9 Å². The minimum atomic E-state index is 0.107. The number of methoxy groups -OCH3 is 2. The molecule has 31 heavy (non-hydrogen) atoms. The van der Waals surface area contributed by atoms with Gasteiger partial charge in [0.05, 0.1) is 31.0 Å². The predicted molar refractivity (Wildman–Crippen MR) is 120 cm³/mol. The van der Waals surface area contributed by atoms with Crippen LogP contribution in [0.2, 0.25) is 0 Å². The number of fused-ring (bicyclic) bond motifs is 1. The van der Waals surface area contributed by atoms with Crippen LogP contribution in [0, 0.1) is 6.92 Å². The molecule has 6 N–H and O–H groups in total. The Hall–Kier alpha value is -4.05. The molecule has 0 aliphatic heterocycles. The van der Waals surface area contributed by atoms with Crippen molar-refractivity contribution in [2.24, 2.45) is 0 Å². The molecule has 160 valence electrons. The average molecular weight is 420 g/mol. The Labute approximate surface area is 179 Å². The maximum absolute atomic E-state index is 6.04. The largest absolute Gasteiger partial charge is 0.493 e. The van der Waals surface area contributed by atoms with Gasteiger partial charge in [0.2, 0.25) is 5.95 Å². The third kappa shape index (κ3) is 3.88. The molecule has 0 aliphatic rings. The van der Waals surface area contributed by atoms with Crippen LogP contribution in [0.4, 0.5) is 17.5 Å². The highest BCUT2D eigenvalue weighted by atomic mass is 16.5. The van der Waals surface area contributed by atoms with Gasteiger partial charge in [-0.15, -0.1) is 0 Å². The first-order chi connectivity index (χ1) is 15.0. The fraction of sp³-hybridized carbons (Fsp3) is 0.190. The number of hydrogen-bond acceptors (Lipinski definition) is 9. The lowest BCUT2D eigenvalue weighted by Gasteiger charge is -2.18. The summed E-state index contributed by atoms with van der Waals surface area (Å²) in [7, 11) is 3.22. The zero-order valence-corrected chi connectivity index (χ0v) is 17.5. The standard InChI is InChI=1S/C21H24N8O2/c1-12-13(10-24-20-18(12)19(22)26-21(23)27-20)11-25-28-14-8-16(30-2)17(31-3)9-15(14)29-6-4-5-7-29/h4-10,25,28H,11H2,1-3H3,(H4,22,23,24,26,27). The molecular weight excluding hydrogens is 396 g/mol. The molecule has 4 aromatic rings. The van der Waals surface area contributed by atoms with Crippen molar-refractivity contribution in [1.29, 1.82) is 0 Å². The molecule has 0 saturated carbocycles.